The minimum Gasteiger partial charge on any atom is -0.449 e. The van der Waals surface area contributed by atoms with Crippen LogP contribution in [0.4, 0.5) is 0 Å². The molecule has 25 heavy (non-hydrogen) atoms. The van der Waals surface area contributed by atoms with Crippen LogP contribution in [0.5, 0.6) is 0 Å². The zero-order valence-corrected chi connectivity index (χ0v) is 17.0. The number of halogens is 1. The monoisotopic (exact) mass is 404 g/mol. The molecule has 1 aliphatic rings. The lowest BCUT2D eigenvalue weighted by Gasteiger charge is -2.17. The molecule has 0 spiro atoms. The number of alkyl halides is 1. The summed E-state index contributed by atoms with van der Waals surface area (Å²) in [5.41, 5.74) is 4.14. The number of benzene rings is 1. The Kier molecular flexibility index (Phi) is 8.47. The molecule has 0 saturated heterocycles. The minimum atomic E-state index is -0.271. The molecule has 0 radical (unpaired) electrons. The van der Waals surface area contributed by atoms with E-state index >= 15 is 0 Å². The van der Waals surface area contributed by atoms with Crippen molar-refractivity contribution in [3.05, 3.63) is 58.7 Å². The van der Waals surface area contributed by atoms with Gasteiger partial charge in [-0.3, -0.25) is 0 Å². The predicted molar refractivity (Wildman–Crippen MR) is 108 cm³/mol. The van der Waals surface area contributed by atoms with Crippen LogP contribution in [0.3, 0.4) is 0 Å². The third kappa shape index (κ3) is 5.31. The van der Waals surface area contributed by atoms with Gasteiger partial charge in [0.25, 0.3) is 0 Å². The van der Waals surface area contributed by atoms with Crippen molar-refractivity contribution < 1.29 is 9.53 Å². The van der Waals surface area contributed by atoms with E-state index in [0.717, 1.165) is 28.5 Å². The van der Waals surface area contributed by atoms with Gasteiger partial charge in [0.15, 0.2) is 6.10 Å². The SMILES string of the molecule is CCCCCCC/C=C(\CBr)C1=C(CC)C(=O)OC1c1ccccc1. The third-order valence-corrected chi connectivity index (χ3v) is 5.31. The van der Waals surface area contributed by atoms with Gasteiger partial charge in [0.05, 0.1) is 0 Å². The van der Waals surface area contributed by atoms with E-state index in [1.807, 2.05) is 37.3 Å². The molecule has 0 bridgehead atoms. The van der Waals surface area contributed by atoms with Gasteiger partial charge in [-0.05, 0) is 30.4 Å². The average molecular weight is 405 g/mol. The number of hydrogen-bond acceptors (Lipinski definition) is 2. The maximum absolute atomic E-state index is 12.3. The summed E-state index contributed by atoms with van der Waals surface area (Å²) in [6, 6.07) is 10.0. The molecular formula is C22H29BrO2. The maximum Gasteiger partial charge on any atom is 0.335 e. The lowest BCUT2D eigenvalue weighted by molar-refractivity contribution is -0.140. The van der Waals surface area contributed by atoms with Gasteiger partial charge in [-0.2, -0.15) is 0 Å². The van der Waals surface area contributed by atoms with E-state index in [1.54, 1.807) is 0 Å². The van der Waals surface area contributed by atoms with Gasteiger partial charge in [0.2, 0.25) is 0 Å². The summed E-state index contributed by atoms with van der Waals surface area (Å²) in [7, 11) is 0. The Hall–Kier alpha value is -1.35. The summed E-state index contributed by atoms with van der Waals surface area (Å²) in [6.45, 7) is 4.27. The number of unbranched alkanes of at least 4 members (excludes halogenated alkanes) is 5. The Morgan fingerprint density at radius 1 is 1.12 bits per heavy atom. The first-order valence-corrected chi connectivity index (χ1v) is 10.6. The average Bonchev–Trinajstić information content (AvgIpc) is 2.98. The highest BCUT2D eigenvalue weighted by Crippen LogP contribution is 2.41. The van der Waals surface area contributed by atoms with E-state index in [2.05, 4.69) is 28.9 Å². The van der Waals surface area contributed by atoms with Gasteiger partial charge in [-0.15, -0.1) is 0 Å². The maximum atomic E-state index is 12.3. The van der Waals surface area contributed by atoms with Gasteiger partial charge in [-0.1, -0.05) is 91.9 Å². The van der Waals surface area contributed by atoms with E-state index in [0.29, 0.717) is 6.42 Å². The quantitative estimate of drug-likeness (QED) is 0.247. The molecule has 0 aromatic heterocycles. The van der Waals surface area contributed by atoms with Gasteiger partial charge < -0.3 is 4.74 Å². The van der Waals surface area contributed by atoms with Gasteiger partial charge in [0, 0.05) is 16.5 Å². The third-order valence-electron chi connectivity index (χ3n) is 4.70. The number of hydrogen-bond donors (Lipinski definition) is 0. The first-order valence-electron chi connectivity index (χ1n) is 9.47. The molecule has 3 heteroatoms. The van der Waals surface area contributed by atoms with E-state index < -0.39 is 0 Å². The summed E-state index contributed by atoms with van der Waals surface area (Å²) in [6.07, 6.45) is 10.2. The van der Waals surface area contributed by atoms with Gasteiger partial charge >= 0.3 is 5.97 Å². The Labute approximate surface area is 160 Å². The fourth-order valence-electron chi connectivity index (χ4n) is 3.33. The molecule has 0 fully saturated rings. The Morgan fingerprint density at radius 2 is 1.84 bits per heavy atom. The van der Waals surface area contributed by atoms with Crippen molar-refractivity contribution in [2.24, 2.45) is 0 Å². The molecule has 0 saturated carbocycles. The normalized spacial score (nSPS) is 18.0. The summed E-state index contributed by atoms with van der Waals surface area (Å²) in [5, 5.41) is 0.751. The van der Waals surface area contributed by atoms with Crippen molar-refractivity contribution in [1.29, 1.82) is 0 Å². The molecule has 1 aliphatic heterocycles. The number of cyclic esters (lactones) is 1. The molecule has 0 amide bonds. The van der Waals surface area contributed by atoms with Crippen molar-refractivity contribution in [2.45, 2.75) is 64.9 Å². The Bertz CT molecular complexity index is 616. The van der Waals surface area contributed by atoms with Crippen LogP contribution in [0, 0.1) is 0 Å². The highest BCUT2D eigenvalue weighted by molar-refractivity contribution is 9.09. The van der Waals surface area contributed by atoms with E-state index in [9.17, 15) is 4.79 Å². The predicted octanol–water partition coefficient (Wildman–Crippen LogP) is 6.67. The summed E-state index contributed by atoms with van der Waals surface area (Å²) in [5.74, 6) is -0.166. The van der Waals surface area contributed by atoms with Crippen LogP contribution in [-0.4, -0.2) is 11.3 Å². The van der Waals surface area contributed by atoms with Crippen molar-refractivity contribution in [3.8, 4) is 0 Å². The molecule has 1 aromatic rings. The van der Waals surface area contributed by atoms with Crippen LogP contribution in [0.2, 0.25) is 0 Å². The van der Waals surface area contributed by atoms with Gasteiger partial charge in [0.1, 0.15) is 0 Å². The minimum absolute atomic E-state index is 0.166. The van der Waals surface area contributed by atoms with Crippen molar-refractivity contribution >= 4 is 21.9 Å². The van der Waals surface area contributed by atoms with Crippen LogP contribution in [0.15, 0.2) is 53.1 Å². The number of carbonyl (C=O) groups excluding carboxylic acids is 1. The second kappa shape index (κ2) is 10.6. The largest absolute Gasteiger partial charge is 0.449 e. The lowest BCUT2D eigenvalue weighted by atomic mass is 9.91. The van der Waals surface area contributed by atoms with Crippen LogP contribution >= 0.6 is 15.9 Å². The fraction of sp³-hybridized carbons (Fsp3) is 0.500. The highest BCUT2D eigenvalue weighted by Gasteiger charge is 2.35. The molecule has 2 rings (SSSR count). The van der Waals surface area contributed by atoms with Crippen LogP contribution < -0.4 is 0 Å². The zero-order valence-electron chi connectivity index (χ0n) is 15.4. The molecule has 1 heterocycles. The fourth-order valence-corrected chi connectivity index (χ4v) is 3.86. The van der Waals surface area contributed by atoms with Crippen molar-refractivity contribution in [2.75, 3.05) is 5.33 Å². The first-order chi connectivity index (χ1) is 12.2. The van der Waals surface area contributed by atoms with Crippen molar-refractivity contribution in [3.63, 3.8) is 0 Å². The summed E-state index contributed by atoms with van der Waals surface area (Å²) >= 11 is 3.63. The Morgan fingerprint density at radius 3 is 2.48 bits per heavy atom. The summed E-state index contributed by atoms with van der Waals surface area (Å²) in [4.78, 5) is 12.3. The van der Waals surface area contributed by atoms with Crippen LogP contribution in [-0.2, 0) is 9.53 Å². The standard InChI is InChI=1S/C22H29BrO2/c1-3-5-6-7-8-10-15-18(16-23)20-19(4-2)22(24)25-21(20)17-13-11-9-12-14-17/h9,11-15,21H,3-8,10,16H2,1-2H3/b18-15+. The Balaban J connectivity index is 2.19. The number of rotatable bonds is 10. The summed E-state index contributed by atoms with van der Waals surface area (Å²) < 4.78 is 5.73. The highest BCUT2D eigenvalue weighted by atomic mass is 79.9. The zero-order chi connectivity index (χ0) is 18.1. The smallest absolute Gasteiger partial charge is 0.335 e. The number of ether oxygens (including phenoxy) is 1. The second-order valence-electron chi connectivity index (χ2n) is 6.51. The van der Waals surface area contributed by atoms with Crippen molar-refractivity contribution in [1.82, 2.24) is 0 Å². The van der Waals surface area contributed by atoms with E-state index in [-0.39, 0.29) is 12.1 Å². The first kappa shape index (κ1) is 20.0. The molecular weight excluding hydrogens is 376 g/mol. The topological polar surface area (TPSA) is 26.3 Å². The number of allylic oxidation sites excluding steroid dienone is 1. The lowest BCUT2D eigenvalue weighted by Crippen LogP contribution is -2.05. The number of carbonyl (C=O) groups is 1. The molecule has 0 aliphatic carbocycles. The molecule has 136 valence electrons. The molecule has 2 nitrogen and oxygen atoms in total. The van der Waals surface area contributed by atoms with Crippen LogP contribution in [0.1, 0.15) is 70.5 Å². The molecule has 1 aromatic carbocycles. The molecule has 0 N–H and O–H groups in total. The second-order valence-corrected chi connectivity index (χ2v) is 7.07. The van der Waals surface area contributed by atoms with E-state index in [1.165, 1.54) is 37.7 Å². The van der Waals surface area contributed by atoms with E-state index in [4.69, 9.17) is 4.74 Å². The van der Waals surface area contributed by atoms with Gasteiger partial charge in [-0.25, -0.2) is 4.79 Å². The van der Waals surface area contributed by atoms with Crippen LogP contribution in [0.25, 0.3) is 0 Å². The molecule has 1 unspecified atom stereocenters. The molecule has 1 atom stereocenters. The number of esters is 1.